The highest BCUT2D eigenvalue weighted by molar-refractivity contribution is 5.98. The van der Waals surface area contributed by atoms with Crippen molar-refractivity contribution in [2.45, 2.75) is 0 Å². The van der Waals surface area contributed by atoms with Gasteiger partial charge in [0.05, 0.1) is 18.9 Å². The van der Waals surface area contributed by atoms with Gasteiger partial charge in [0.25, 0.3) is 0 Å². The zero-order valence-corrected chi connectivity index (χ0v) is 10.4. The van der Waals surface area contributed by atoms with Crippen molar-refractivity contribution < 1.29 is 15.1 Å². The molecule has 0 unspecified atom stereocenters. The lowest BCUT2D eigenvalue weighted by atomic mass is 10.1. The molecule has 0 radical (unpaired) electrons. The second-order valence-corrected chi connectivity index (χ2v) is 4.09. The van der Waals surface area contributed by atoms with Crippen molar-refractivity contribution in [2.24, 2.45) is 0 Å². The summed E-state index contributed by atoms with van der Waals surface area (Å²) in [5.74, 6) is 0. The van der Waals surface area contributed by atoms with Crippen LogP contribution in [-0.2, 0) is 0 Å². The van der Waals surface area contributed by atoms with Crippen LogP contribution in [0.5, 0.6) is 0 Å². The normalized spacial score (nSPS) is 10.8. The number of hydrogen-bond donors (Lipinski definition) is 3. The first-order chi connectivity index (χ1) is 9.17. The first-order valence-corrected chi connectivity index (χ1v) is 5.92. The lowest BCUT2D eigenvalue weighted by Gasteiger charge is -2.24. The van der Waals surface area contributed by atoms with E-state index in [1.807, 2.05) is 4.90 Å². The summed E-state index contributed by atoms with van der Waals surface area (Å²) in [5.41, 5.74) is 7.41. The molecule has 7 heteroatoms. The number of fused-ring (bicyclic) bond motifs is 1. The summed E-state index contributed by atoms with van der Waals surface area (Å²) < 4.78 is 0. The Balaban J connectivity index is 2.56. The van der Waals surface area contributed by atoms with Crippen molar-refractivity contribution in [3.8, 4) is 0 Å². The van der Waals surface area contributed by atoms with Crippen LogP contribution in [0.1, 0.15) is 0 Å². The largest absolute Gasteiger partial charge is 0.594 e. The molecule has 1 aromatic carbocycles. The first-order valence-electron chi connectivity index (χ1n) is 5.92. The number of nitrogens with two attached hydrogens (primary N) is 1. The van der Waals surface area contributed by atoms with E-state index in [0.717, 1.165) is 5.69 Å². The van der Waals surface area contributed by atoms with Crippen molar-refractivity contribution in [1.29, 1.82) is 0 Å². The number of aliphatic hydroxyl groups excluding tert-OH is 2. The van der Waals surface area contributed by atoms with Crippen molar-refractivity contribution in [1.82, 2.24) is 5.10 Å². The number of aliphatic hydroxyl groups is 2. The molecule has 7 nitrogen and oxygen atoms in total. The molecule has 0 aliphatic carbocycles. The van der Waals surface area contributed by atoms with Crippen LogP contribution in [-0.4, -0.2) is 41.6 Å². The van der Waals surface area contributed by atoms with Crippen molar-refractivity contribution in [3.05, 3.63) is 29.6 Å². The number of nitrogen functional groups attached to an aromatic ring is 1. The summed E-state index contributed by atoms with van der Waals surface area (Å²) in [6.07, 6.45) is 1.29. The Bertz CT molecular complexity index is 570. The van der Waals surface area contributed by atoms with Gasteiger partial charge in [-0.05, 0) is 12.1 Å². The van der Waals surface area contributed by atoms with E-state index in [-0.39, 0.29) is 13.2 Å². The van der Waals surface area contributed by atoms with Gasteiger partial charge >= 0.3 is 0 Å². The average molecular weight is 264 g/mol. The number of nitrogens with zero attached hydrogens (tertiary/aromatic N) is 3. The molecule has 4 N–H and O–H groups in total. The second kappa shape index (κ2) is 5.68. The van der Waals surface area contributed by atoms with Gasteiger partial charge in [-0.15, -0.1) is 0 Å². The van der Waals surface area contributed by atoms with Gasteiger partial charge < -0.3 is 26.1 Å². The third kappa shape index (κ3) is 2.67. The van der Waals surface area contributed by atoms with E-state index in [4.69, 9.17) is 15.9 Å². The molecule has 2 rings (SSSR count). The molecule has 0 amide bonds. The van der Waals surface area contributed by atoms with E-state index in [2.05, 4.69) is 5.10 Å². The van der Waals surface area contributed by atoms with Crippen LogP contribution in [0.25, 0.3) is 10.9 Å². The molecule has 1 aromatic heterocycles. The van der Waals surface area contributed by atoms with Crippen LogP contribution < -0.4 is 15.5 Å². The van der Waals surface area contributed by atoms with Gasteiger partial charge in [0.1, 0.15) is 0 Å². The Labute approximate surface area is 110 Å². The number of hydrogen-bond acceptors (Lipinski definition) is 6. The van der Waals surface area contributed by atoms with Crippen LogP contribution in [0, 0.1) is 5.21 Å². The minimum absolute atomic E-state index is 0.0340. The van der Waals surface area contributed by atoms with Gasteiger partial charge in [-0.3, -0.25) is 0 Å². The molecule has 0 fully saturated rings. The van der Waals surface area contributed by atoms with E-state index < -0.39 is 0 Å². The smallest absolute Gasteiger partial charge is 0.210 e. The van der Waals surface area contributed by atoms with Gasteiger partial charge in [-0.25, -0.2) is 0 Å². The molecule has 0 saturated carbocycles. The van der Waals surface area contributed by atoms with Gasteiger partial charge in [0, 0.05) is 35.3 Å². The number of aromatic nitrogens is 2. The van der Waals surface area contributed by atoms with E-state index >= 15 is 0 Å². The Kier molecular flexibility index (Phi) is 3.98. The molecule has 19 heavy (non-hydrogen) atoms. The fraction of sp³-hybridized carbons (Fsp3) is 0.333. The maximum Gasteiger partial charge on any atom is 0.210 e. The lowest BCUT2D eigenvalue weighted by molar-refractivity contribution is -0.666. The summed E-state index contributed by atoms with van der Waals surface area (Å²) in [7, 11) is 0. The topological polar surface area (TPSA) is 110 Å². The van der Waals surface area contributed by atoms with Gasteiger partial charge in [0.15, 0.2) is 5.52 Å². The van der Waals surface area contributed by atoms with Crippen LogP contribution in [0.4, 0.5) is 11.4 Å². The number of benzene rings is 1. The molecule has 0 bridgehead atoms. The molecule has 0 aliphatic rings. The maximum absolute atomic E-state index is 11.2. The fourth-order valence-corrected chi connectivity index (χ4v) is 2.03. The van der Waals surface area contributed by atoms with Crippen LogP contribution in [0.2, 0.25) is 0 Å². The fourth-order valence-electron chi connectivity index (χ4n) is 2.03. The Morgan fingerprint density at radius 3 is 2.53 bits per heavy atom. The van der Waals surface area contributed by atoms with E-state index in [1.54, 1.807) is 18.2 Å². The Morgan fingerprint density at radius 2 is 1.89 bits per heavy atom. The molecule has 102 valence electrons. The zero-order valence-electron chi connectivity index (χ0n) is 10.4. The molecule has 1 heterocycles. The molecule has 0 saturated heterocycles. The maximum atomic E-state index is 11.2. The highest BCUT2D eigenvalue weighted by Gasteiger charge is 2.14. The zero-order chi connectivity index (χ0) is 13.8. The minimum Gasteiger partial charge on any atom is -0.594 e. The molecule has 2 aromatic rings. The summed E-state index contributed by atoms with van der Waals surface area (Å²) >= 11 is 0. The van der Waals surface area contributed by atoms with Crippen molar-refractivity contribution in [3.63, 3.8) is 0 Å². The Morgan fingerprint density at radius 1 is 1.21 bits per heavy atom. The predicted octanol–water partition coefficient (Wildman–Crippen LogP) is -0.759. The average Bonchev–Trinajstić information content (AvgIpc) is 2.40. The third-order valence-corrected chi connectivity index (χ3v) is 2.87. The van der Waals surface area contributed by atoms with Gasteiger partial charge in [0.2, 0.25) is 6.20 Å². The quantitative estimate of drug-likeness (QED) is 0.372. The van der Waals surface area contributed by atoms with Crippen LogP contribution >= 0.6 is 0 Å². The molecule has 0 aliphatic heterocycles. The van der Waals surface area contributed by atoms with E-state index in [0.29, 0.717) is 34.5 Å². The molecular weight excluding hydrogens is 248 g/mol. The van der Waals surface area contributed by atoms with E-state index in [9.17, 15) is 5.21 Å². The number of anilines is 2. The minimum atomic E-state index is -0.0340. The summed E-state index contributed by atoms with van der Waals surface area (Å²) in [5, 5.41) is 33.9. The molecule has 0 atom stereocenters. The summed E-state index contributed by atoms with van der Waals surface area (Å²) in [6.45, 7) is 0.694. The summed E-state index contributed by atoms with van der Waals surface area (Å²) in [4.78, 5) is 2.27. The number of rotatable bonds is 5. The Hall–Kier alpha value is -2.12. The summed E-state index contributed by atoms with van der Waals surface area (Å²) in [6, 6.07) is 5.08. The highest BCUT2D eigenvalue weighted by atomic mass is 16.5. The lowest BCUT2D eigenvalue weighted by Crippen LogP contribution is -2.32. The van der Waals surface area contributed by atoms with Gasteiger partial charge in [-0.1, -0.05) is 4.85 Å². The highest BCUT2D eigenvalue weighted by Crippen LogP contribution is 2.28. The first kappa shape index (κ1) is 13.3. The standard InChI is InChI=1S/C12H16N4O3/c13-10-1-2-11(15(5-7-17)6-8-18)9-3-4-16(19)14-12(9)10/h1-4,17-18H,5-8,13H2. The monoisotopic (exact) mass is 264 g/mol. The molecular formula is C12H16N4O3. The second-order valence-electron chi connectivity index (χ2n) is 4.09. The predicted molar refractivity (Wildman–Crippen MR) is 71.5 cm³/mol. The molecule has 0 spiro atoms. The van der Waals surface area contributed by atoms with Gasteiger partial charge in [-0.2, -0.15) is 0 Å². The van der Waals surface area contributed by atoms with Crippen molar-refractivity contribution >= 4 is 22.3 Å². The van der Waals surface area contributed by atoms with Crippen LogP contribution in [0.3, 0.4) is 0 Å². The van der Waals surface area contributed by atoms with Crippen molar-refractivity contribution in [2.75, 3.05) is 36.9 Å². The van der Waals surface area contributed by atoms with Crippen LogP contribution in [0.15, 0.2) is 24.4 Å². The third-order valence-electron chi connectivity index (χ3n) is 2.87. The van der Waals surface area contributed by atoms with E-state index in [1.165, 1.54) is 6.20 Å². The SMILES string of the molecule is Nc1ccc(N(CCO)CCO)c2cc[n+]([O-])nc12.